The van der Waals surface area contributed by atoms with Gasteiger partial charge in [0.2, 0.25) is 5.91 Å². The smallest absolute Gasteiger partial charge is 0.272 e. The summed E-state index contributed by atoms with van der Waals surface area (Å²) in [6.07, 6.45) is 6.76. The molecule has 0 atom stereocenters. The maximum Gasteiger partial charge on any atom is 0.272 e. The van der Waals surface area contributed by atoms with Gasteiger partial charge in [-0.2, -0.15) is 0 Å². The number of likely N-dealkylation sites (tertiary alicyclic amines) is 1. The molecule has 1 aromatic heterocycles. The molecule has 0 aliphatic carbocycles. The molecule has 5 nitrogen and oxygen atoms in total. The number of carbonyl (C=O) groups excluding carboxylic acids is 2. The van der Waals surface area contributed by atoms with Crippen LogP contribution in [-0.2, 0) is 4.79 Å². The Hall–Kier alpha value is -1.69. The molecule has 0 unspecified atom stereocenters. The van der Waals surface area contributed by atoms with Crippen molar-refractivity contribution >= 4 is 33.4 Å². The molecule has 0 bridgehead atoms. The Morgan fingerprint density at radius 2 is 2.10 bits per heavy atom. The summed E-state index contributed by atoms with van der Waals surface area (Å²) in [5.41, 5.74) is 0.994. The second-order valence-corrected chi connectivity index (χ2v) is 5.12. The summed E-state index contributed by atoms with van der Waals surface area (Å²) in [5.74, 6) is -0.260. The third kappa shape index (κ3) is 3.90. The van der Waals surface area contributed by atoms with Gasteiger partial charge in [0.15, 0.2) is 0 Å². The average molecular weight is 338 g/mol. The van der Waals surface area contributed by atoms with Gasteiger partial charge in [0.05, 0.1) is 11.9 Å². The van der Waals surface area contributed by atoms with Crippen molar-refractivity contribution in [3.05, 3.63) is 36.2 Å². The molecule has 1 aliphatic heterocycles. The number of anilines is 1. The number of nitrogens with zero attached hydrogens (tertiary/aromatic N) is 2. The molecule has 0 radical (unpaired) electrons. The van der Waals surface area contributed by atoms with Crippen molar-refractivity contribution in [2.45, 2.75) is 12.8 Å². The first-order chi connectivity index (χ1) is 9.70. The number of pyridine rings is 1. The van der Waals surface area contributed by atoms with E-state index in [1.807, 2.05) is 0 Å². The second kappa shape index (κ2) is 7.19. The molecule has 0 spiro atoms. The lowest BCUT2D eigenvalue weighted by atomic mass is 10.3. The van der Waals surface area contributed by atoms with E-state index in [0.717, 1.165) is 25.9 Å². The van der Waals surface area contributed by atoms with E-state index in [-0.39, 0.29) is 11.8 Å². The molecular weight excluding hydrogens is 322 g/mol. The molecule has 0 saturated carbocycles. The summed E-state index contributed by atoms with van der Waals surface area (Å²) in [7, 11) is 0. The molecule has 20 heavy (non-hydrogen) atoms. The molecule has 1 aliphatic rings. The molecule has 2 amide bonds. The number of halogens is 1. The summed E-state index contributed by atoms with van der Waals surface area (Å²) in [6.45, 7) is 1.60. The highest BCUT2D eigenvalue weighted by atomic mass is 79.9. The molecule has 6 heteroatoms. The number of amides is 2. The molecule has 106 valence electrons. The summed E-state index contributed by atoms with van der Waals surface area (Å²) >= 11 is 3.20. The number of alkyl halides is 1. The highest BCUT2D eigenvalue weighted by Gasteiger charge is 2.20. The van der Waals surface area contributed by atoms with Crippen LogP contribution in [0, 0.1) is 0 Å². The third-order valence-corrected chi connectivity index (χ3v) is 3.38. The van der Waals surface area contributed by atoms with Crippen molar-refractivity contribution in [1.29, 1.82) is 0 Å². The van der Waals surface area contributed by atoms with E-state index in [0.29, 0.717) is 16.7 Å². The van der Waals surface area contributed by atoms with Gasteiger partial charge in [0.25, 0.3) is 5.91 Å². The van der Waals surface area contributed by atoms with Gasteiger partial charge in [0, 0.05) is 24.5 Å². The Labute approximate surface area is 126 Å². The van der Waals surface area contributed by atoms with E-state index in [9.17, 15) is 9.59 Å². The van der Waals surface area contributed by atoms with Crippen LogP contribution in [0.4, 0.5) is 5.69 Å². The van der Waals surface area contributed by atoms with Gasteiger partial charge >= 0.3 is 0 Å². The van der Waals surface area contributed by atoms with E-state index in [1.165, 1.54) is 12.3 Å². The van der Waals surface area contributed by atoms with Crippen LogP contribution in [0.25, 0.3) is 0 Å². The van der Waals surface area contributed by atoms with Gasteiger partial charge in [0.1, 0.15) is 5.69 Å². The quantitative estimate of drug-likeness (QED) is 0.676. The number of aromatic nitrogens is 1. The molecule has 2 heterocycles. The maximum atomic E-state index is 12.1. The van der Waals surface area contributed by atoms with Gasteiger partial charge < -0.3 is 10.2 Å². The van der Waals surface area contributed by atoms with Crippen molar-refractivity contribution in [3.8, 4) is 0 Å². The monoisotopic (exact) mass is 337 g/mol. The fraction of sp³-hybridized carbons (Fsp3) is 0.357. The summed E-state index contributed by atoms with van der Waals surface area (Å²) in [5, 5.41) is 3.31. The van der Waals surface area contributed by atoms with Crippen LogP contribution in [0.15, 0.2) is 30.5 Å². The van der Waals surface area contributed by atoms with Crippen LogP contribution < -0.4 is 5.32 Å². The van der Waals surface area contributed by atoms with Crippen LogP contribution in [-0.4, -0.2) is 40.1 Å². The van der Waals surface area contributed by atoms with Crippen molar-refractivity contribution in [2.24, 2.45) is 0 Å². The van der Waals surface area contributed by atoms with Crippen molar-refractivity contribution < 1.29 is 9.59 Å². The standard InChI is InChI=1S/C14H16BrN3O2/c15-7-3-4-13(19)17-11-5-6-12(16-10-11)14(20)18-8-1-2-9-18/h3-6,10H,1-2,7-9H2,(H,17,19)/b4-3+. The first-order valence-corrected chi connectivity index (χ1v) is 7.61. The fourth-order valence-corrected chi connectivity index (χ4v) is 2.20. The third-order valence-electron chi connectivity index (χ3n) is 3.00. The Bertz CT molecular complexity index is 508. The zero-order valence-electron chi connectivity index (χ0n) is 11.0. The molecule has 1 fully saturated rings. The van der Waals surface area contributed by atoms with E-state index >= 15 is 0 Å². The Balaban J connectivity index is 1.97. The van der Waals surface area contributed by atoms with Gasteiger partial charge in [-0.1, -0.05) is 22.0 Å². The van der Waals surface area contributed by atoms with Crippen molar-refractivity contribution in [3.63, 3.8) is 0 Å². The van der Waals surface area contributed by atoms with Crippen molar-refractivity contribution in [2.75, 3.05) is 23.7 Å². The predicted molar refractivity (Wildman–Crippen MR) is 80.9 cm³/mol. The Kier molecular flexibility index (Phi) is 5.29. The SMILES string of the molecule is O=C(/C=C/CBr)Nc1ccc(C(=O)N2CCCC2)nc1. The van der Waals surface area contributed by atoms with E-state index in [2.05, 4.69) is 26.2 Å². The number of hydrogen-bond donors (Lipinski definition) is 1. The van der Waals surface area contributed by atoms with Gasteiger partial charge in [-0.3, -0.25) is 9.59 Å². The zero-order chi connectivity index (χ0) is 14.4. The summed E-state index contributed by atoms with van der Waals surface area (Å²) < 4.78 is 0. The van der Waals surface area contributed by atoms with Crippen LogP contribution in [0.3, 0.4) is 0 Å². The largest absolute Gasteiger partial charge is 0.337 e. The maximum absolute atomic E-state index is 12.1. The summed E-state index contributed by atoms with van der Waals surface area (Å²) in [6, 6.07) is 3.33. The molecule has 1 N–H and O–H groups in total. The molecular formula is C14H16BrN3O2. The van der Waals surface area contributed by atoms with Crippen LogP contribution in [0.5, 0.6) is 0 Å². The average Bonchev–Trinajstić information content (AvgIpc) is 2.99. The Morgan fingerprint density at radius 3 is 2.70 bits per heavy atom. The number of hydrogen-bond acceptors (Lipinski definition) is 3. The van der Waals surface area contributed by atoms with E-state index in [4.69, 9.17) is 0 Å². The van der Waals surface area contributed by atoms with Crippen molar-refractivity contribution in [1.82, 2.24) is 9.88 Å². The van der Waals surface area contributed by atoms with Crippen LogP contribution in [0.1, 0.15) is 23.3 Å². The second-order valence-electron chi connectivity index (χ2n) is 4.48. The minimum Gasteiger partial charge on any atom is -0.337 e. The van der Waals surface area contributed by atoms with Gasteiger partial charge in [-0.15, -0.1) is 0 Å². The Morgan fingerprint density at radius 1 is 1.35 bits per heavy atom. The molecule has 0 aromatic carbocycles. The number of rotatable bonds is 4. The van der Waals surface area contributed by atoms with Gasteiger partial charge in [-0.05, 0) is 25.0 Å². The van der Waals surface area contributed by atoms with Crippen LogP contribution >= 0.6 is 15.9 Å². The summed E-state index contributed by atoms with van der Waals surface area (Å²) in [4.78, 5) is 29.5. The topological polar surface area (TPSA) is 62.3 Å². The minimum absolute atomic E-state index is 0.0421. The normalized spacial score (nSPS) is 14.8. The van der Waals surface area contributed by atoms with E-state index < -0.39 is 0 Å². The lowest BCUT2D eigenvalue weighted by Gasteiger charge is -2.14. The first kappa shape index (κ1) is 14.7. The predicted octanol–water partition coefficient (Wildman–Crippen LogP) is 2.21. The highest BCUT2D eigenvalue weighted by molar-refractivity contribution is 9.09. The van der Waals surface area contributed by atoms with Crippen LogP contribution in [0.2, 0.25) is 0 Å². The lowest BCUT2D eigenvalue weighted by Crippen LogP contribution is -2.28. The number of allylic oxidation sites excluding steroid dienone is 1. The minimum atomic E-state index is -0.218. The zero-order valence-corrected chi connectivity index (χ0v) is 12.6. The number of nitrogens with one attached hydrogen (secondary N) is 1. The van der Waals surface area contributed by atoms with Gasteiger partial charge in [-0.25, -0.2) is 4.98 Å². The highest BCUT2D eigenvalue weighted by Crippen LogP contribution is 2.13. The molecule has 2 rings (SSSR count). The fourth-order valence-electron chi connectivity index (χ4n) is 2.01. The van der Waals surface area contributed by atoms with E-state index in [1.54, 1.807) is 23.1 Å². The number of carbonyl (C=O) groups is 2. The lowest BCUT2D eigenvalue weighted by molar-refractivity contribution is -0.111. The first-order valence-electron chi connectivity index (χ1n) is 6.49. The molecule has 1 aromatic rings. The molecule has 1 saturated heterocycles.